The molecule has 0 aliphatic carbocycles. The van der Waals surface area contributed by atoms with Crippen LogP contribution in [-0.2, 0) is 33.5 Å². The number of cyclic esters (lactones) is 2. The third-order valence-corrected chi connectivity index (χ3v) is 7.19. The molecule has 6 unspecified atom stereocenters. The third-order valence-electron chi connectivity index (χ3n) is 7.19. The van der Waals surface area contributed by atoms with Crippen LogP contribution in [0, 0.1) is 0 Å². The van der Waals surface area contributed by atoms with E-state index in [1.807, 2.05) is 27.7 Å². The van der Waals surface area contributed by atoms with Gasteiger partial charge in [-0.05, 0) is 39.3 Å². The lowest BCUT2D eigenvalue weighted by atomic mass is 10.2. The molecule has 1 aliphatic rings. The SMILES string of the molecule is CCNCC(N)C(=O)NC(CNCC)C(=O)O.CCNCC(NC(=O)C(CNCC)NC(=O)C(CNCC)NC(=O)O)C(=O)O.CCNCC1NC(=O)OC1=O. The van der Waals surface area contributed by atoms with Gasteiger partial charge in [0.15, 0.2) is 0 Å². The van der Waals surface area contributed by atoms with Crippen LogP contribution in [0.2, 0.25) is 0 Å². The average Bonchev–Trinajstić information content (AvgIpc) is 3.48. The van der Waals surface area contributed by atoms with Crippen molar-refractivity contribution in [2.45, 2.75) is 77.8 Å². The summed E-state index contributed by atoms with van der Waals surface area (Å²) in [6.45, 7) is 15.9. The highest BCUT2D eigenvalue weighted by molar-refractivity contribution is 5.95. The Hall–Kier alpha value is -4.72. The smallest absolute Gasteiger partial charge is 0.415 e. The van der Waals surface area contributed by atoms with Gasteiger partial charge in [0.25, 0.3) is 0 Å². The minimum absolute atomic E-state index is 0.0308. The molecular formula is C32H64N12O12. The van der Waals surface area contributed by atoms with Gasteiger partial charge in [0, 0.05) is 39.3 Å². The number of nitrogens with one attached hydrogen (secondary N) is 11. The van der Waals surface area contributed by atoms with Crippen molar-refractivity contribution in [3.05, 3.63) is 0 Å². The van der Waals surface area contributed by atoms with Crippen molar-refractivity contribution in [2.24, 2.45) is 5.73 Å². The van der Waals surface area contributed by atoms with Gasteiger partial charge in [-0.2, -0.15) is 0 Å². The van der Waals surface area contributed by atoms with E-state index in [1.165, 1.54) is 0 Å². The van der Waals surface area contributed by atoms with E-state index >= 15 is 0 Å². The van der Waals surface area contributed by atoms with E-state index in [2.05, 4.69) is 63.2 Å². The summed E-state index contributed by atoms with van der Waals surface area (Å²) < 4.78 is 4.24. The quantitative estimate of drug-likeness (QED) is 0.0272. The second kappa shape index (κ2) is 32.5. The van der Waals surface area contributed by atoms with Crippen LogP contribution in [0.15, 0.2) is 0 Å². The second-order valence-electron chi connectivity index (χ2n) is 11.7. The fraction of sp³-hybridized carbons (Fsp3) is 0.750. The van der Waals surface area contributed by atoms with E-state index in [9.17, 15) is 43.5 Å². The van der Waals surface area contributed by atoms with Crippen LogP contribution in [0.4, 0.5) is 9.59 Å². The van der Waals surface area contributed by atoms with Crippen LogP contribution in [0.25, 0.3) is 0 Å². The highest BCUT2D eigenvalue weighted by Crippen LogP contribution is 1.98. The zero-order valence-electron chi connectivity index (χ0n) is 33.0. The average molecular weight is 809 g/mol. The van der Waals surface area contributed by atoms with Gasteiger partial charge in [-0.3, -0.25) is 14.4 Å². The van der Waals surface area contributed by atoms with E-state index < -0.39 is 84.1 Å². The number of aliphatic carboxylic acids is 2. The number of hydrogen-bond acceptors (Lipinski definition) is 16. The van der Waals surface area contributed by atoms with Gasteiger partial charge < -0.3 is 84.3 Å². The maximum Gasteiger partial charge on any atom is 0.415 e. The number of carboxylic acid groups (broad SMARTS) is 3. The topological polar surface area (TPSA) is 365 Å². The molecule has 0 radical (unpaired) electrons. The van der Waals surface area contributed by atoms with Crippen molar-refractivity contribution in [3.63, 3.8) is 0 Å². The molecule has 16 N–H and O–H groups in total. The molecule has 0 aromatic carbocycles. The highest BCUT2D eigenvalue weighted by Gasteiger charge is 2.32. The van der Waals surface area contributed by atoms with Crippen molar-refractivity contribution in [2.75, 3.05) is 78.5 Å². The van der Waals surface area contributed by atoms with Gasteiger partial charge in [0.2, 0.25) is 17.7 Å². The fourth-order valence-corrected chi connectivity index (χ4v) is 4.15. The number of carbonyl (C=O) groups excluding carboxylic acids is 5. The van der Waals surface area contributed by atoms with E-state index in [0.717, 1.165) is 6.54 Å². The van der Waals surface area contributed by atoms with Crippen molar-refractivity contribution < 1.29 is 58.4 Å². The Balaban J connectivity index is 0. The molecule has 0 aromatic rings. The Labute approximate surface area is 326 Å². The van der Waals surface area contributed by atoms with Crippen LogP contribution in [-0.4, -0.2) is 178 Å². The number of carbonyl (C=O) groups is 8. The monoisotopic (exact) mass is 808 g/mol. The molecule has 0 bridgehead atoms. The second-order valence-corrected chi connectivity index (χ2v) is 11.7. The minimum Gasteiger partial charge on any atom is -0.480 e. The number of esters is 1. The lowest BCUT2D eigenvalue weighted by molar-refractivity contribution is -0.142. The standard InChI is InChI=1S/C16H32N6O6.C10H22N4O3.C6H10N2O3/c1-4-17-7-10(13(23)21-12(15(25)26)9-19-6-3)20-14(24)11(8-18-5-2)22-16(27)28;1-3-12-5-7(11)9(15)14-8(10(16)17)6-13-4-2;1-2-7-3-4-5(9)11-6(10)8-4/h10-12,17-19,22H,4-9H2,1-3H3,(H,20,24)(H,21,23)(H,25,26)(H,27,28);7-8,12-13H,3-6,11H2,1-2H3,(H,14,15)(H,16,17);4,7H,2-3H2,1H3,(H,8,10). The molecule has 1 rings (SSSR count). The van der Waals surface area contributed by atoms with E-state index in [0.29, 0.717) is 45.8 Å². The normalized spacial score (nSPS) is 15.7. The van der Waals surface area contributed by atoms with Crippen LogP contribution < -0.4 is 64.2 Å². The van der Waals surface area contributed by atoms with Gasteiger partial charge in [-0.25, -0.2) is 24.0 Å². The molecule has 324 valence electrons. The van der Waals surface area contributed by atoms with Crippen LogP contribution in [0.5, 0.6) is 0 Å². The molecule has 0 saturated carbocycles. The number of rotatable bonds is 27. The Morgan fingerprint density at radius 3 is 1.29 bits per heavy atom. The van der Waals surface area contributed by atoms with Gasteiger partial charge >= 0.3 is 30.1 Å². The molecule has 0 spiro atoms. The largest absolute Gasteiger partial charge is 0.480 e. The van der Waals surface area contributed by atoms with E-state index in [-0.39, 0.29) is 26.2 Å². The predicted molar refractivity (Wildman–Crippen MR) is 204 cm³/mol. The van der Waals surface area contributed by atoms with Crippen molar-refractivity contribution in [1.29, 1.82) is 0 Å². The van der Waals surface area contributed by atoms with Crippen molar-refractivity contribution in [3.8, 4) is 0 Å². The zero-order valence-corrected chi connectivity index (χ0v) is 33.0. The Morgan fingerprint density at radius 1 is 0.571 bits per heavy atom. The molecule has 5 amide bonds. The number of amides is 5. The molecule has 56 heavy (non-hydrogen) atoms. The number of likely N-dealkylation sites (N-methyl/N-ethyl adjacent to an activating group) is 6. The van der Waals surface area contributed by atoms with Gasteiger partial charge in [0.1, 0.15) is 30.2 Å². The number of nitrogens with two attached hydrogens (primary N) is 1. The zero-order chi connectivity index (χ0) is 43.1. The lowest BCUT2D eigenvalue weighted by Gasteiger charge is -2.24. The van der Waals surface area contributed by atoms with Crippen LogP contribution in [0.1, 0.15) is 41.5 Å². The number of ether oxygens (including phenoxy) is 1. The molecule has 24 nitrogen and oxygen atoms in total. The number of hydrogen-bond donors (Lipinski definition) is 15. The maximum atomic E-state index is 12.5. The summed E-state index contributed by atoms with van der Waals surface area (Å²) in [4.78, 5) is 90.8. The fourth-order valence-electron chi connectivity index (χ4n) is 4.15. The summed E-state index contributed by atoms with van der Waals surface area (Å²) in [5.74, 6) is -4.63. The van der Waals surface area contributed by atoms with Gasteiger partial charge in [-0.15, -0.1) is 0 Å². The summed E-state index contributed by atoms with van der Waals surface area (Å²) in [6, 6.07) is -5.54. The first-order chi connectivity index (χ1) is 26.5. The van der Waals surface area contributed by atoms with Gasteiger partial charge in [-0.1, -0.05) is 41.5 Å². The molecule has 24 heteroatoms. The van der Waals surface area contributed by atoms with E-state index in [1.54, 1.807) is 13.8 Å². The lowest BCUT2D eigenvalue weighted by Crippen LogP contribution is -2.60. The summed E-state index contributed by atoms with van der Waals surface area (Å²) >= 11 is 0. The summed E-state index contributed by atoms with van der Waals surface area (Å²) in [7, 11) is 0. The Bertz CT molecular complexity index is 1220. The predicted octanol–water partition coefficient (Wildman–Crippen LogP) is -5.16. The molecule has 6 atom stereocenters. The van der Waals surface area contributed by atoms with Gasteiger partial charge in [0.05, 0.1) is 6.04 Å². The minimum atomic E-state index is -1.37. The molecule has 0 aromatic heterocycles. The summed E-state index contributed by atoms with van der Waals surface area (Å²) in [5, 5.41) is 56.1. The summed E-state index contributed by atoms with van der Waals surface area (Å²) in [5.41, 5.74) is 5.59. The summed E-state index contributed by atoms with van der Waals surface area (Å²) in [6.07, 6.45) is -2.03. The molecule has 1 heterocycles. The molecule has 1 saturated heterocycles. The first-order valence-electron chi connectivity index (χ1n) is 18.4. The highest BCUT2D eigenvalue weighted by atomic mass is 16.6. The first kappa shape index (κ1) is 53.4. The van der Waals surface area contributed by atoms with E-state index in [4.69, 9.17) is 15.9 Å². The molecular weight excluding hydrogens is 744 g/mol. The Morgan fingerprint density at radius 2 is 0.929 bits per heavy atom. The molecule has 1 aliphatic heterocycles. The van der Waals surface area contributed by atoms with Crippen LogP contribution >= 0.6 is 0 Å². The van der Waals surface area contributed by atoms with Crippen molar-refractivity contribution in [1.82, 2.24) is 58.5 Å². The number of alkyl carbamates (subject to hydrolysis) is 1. The number of carboxylic acids is 2. The third kappa shape index (κ3) is 25.4. The first-order valence-corrected chi connectivity index (χ1v) is 18.4. The molecule has 1 fully saturated rings. The Kier molecular flexibility index (Phi) is 31.0. The van der Waals surface area contributed by atoms with Crippen molar-refractivity contribution >= 4 is 47.8 Å². The van der Waals surface area contributed by atoms with Crippen LogP contribution in [0.3, 0.4) is 0 Å². The maximum absolute atomic E-state index is 12.5.